The molecule has 5 heteroatoms. The average Bonchev–Trinajstić information content (AvgIpc) is 2.85. The largest absolute Gasteiger partial charge is 0.273 e. The molecule has 2 aliphatic rings. The highest BCUT2D eigenvalue weighted by atomic mass is 35.5. The van der Waals surface area contributed by atoms with E-state index in [9.17, 15) is 0 Å². The maximum Gasteiger partial charge on any atom is 0.133 e. The first-order valence-corrected chi connectivity index (χ1v) is 13.0. The van der Waals surface area contributed by atoms with Crippen LogP contribution in [0.3, 0.4) is 0 Å². The Labute approximate surface area is 225 Å². The second kappa shape index (κ2) is 10.6. The third-order valence-corrected chi connectivity index (χ3v) is 7.73. The molecule has 2 aromatic rings. The molecule has 0 spiro atoms. The van der Waals surface area contributed by atoms with Crippen molar-refractivity contribution in [1.82, 2.24) is 5.01 Å². The van der Waals surface area contributed by atoms with Crippen LogP contribution in [0, 0.1) is 6.92 Å². The van der Waals surface area contributed by atoms with Crippen LogP contribution in [0.5, 0.6) is 0 Å². The molecule has 36 heavy (non-hydrogen) atoms. The molecule has 0 radical (unpaired) electrons. The van der Waals surface area contributed by atoms with Crippen molar-refractivity contribution in [3.63, 3.8) is 0 Å². The lowest BCUT2D eigenvalue weighted by molar-refractivity contribution is 0.443. The Kier molecular flexibility index (Phi) is 7.73. The first kappa shape index (κ1) is 26.2. The molecule has 0 saturated carbocycles. The van der Waals surface area contributed by atoms with Gasteiger partial charge in [-0.1, -0.05) is 96.9 Å². The quantitative estimate of drug-likeness (QED) is 0.278. The van der Waals surface area contributed by atoms with E-state index in [1.54, 1.807) is 0 Å². The molecule has 2 atom stereocenters. The van der Waals surface area contributed by atoms with Gasteiger partial charge in [0.2, 0.25) is 0 Å². The zero-order chi connectivity index (χ0) is 26.0. The molecule has 4 rings (SSSR count). The summed E-state index contributed by atoms with van der Waals surface area (Å²) in [6.45, 7) is 10.5. The van der Waals surface area contributed by atoms with Crippen molar-refractivity contribution in [2.75, 3.05) is 7.05 Å². The van der Waals surface area contributed by atoms with E-state index in [1.807, 2.05) is 43.2 Å². The number of benzene rings is 2. The summed E-state index contributed by atoms with van der Waals surface area (Å²) in [6, 6.07) is 18.6. The molecule has 0 saturated heterocycles. The zero-order valence-electron chi connectivity index (χ0n) is 21.8. The van der Waals surface area contributed by atoms with Gasteiger partial charge in [-0.25, -0.2) is 0 Å². The van der Waals surface area contributed by atoms with Gasteiger partial charge in [-0.15, -0.1) is 0 Å². The van der Waals surface area contributed by atoms with Crippen LogP contribution in [-0.2, 0) is 0 Å². The highest BCUT2D eigenvalue weighted by molar-refractivity contribution is 6.78. The van der Waals surface area contributed by atoms with Crippen LogP contribution in [0.2, 0.25) is 0 Å². The van der Waals surface area contributed by atoms with Crippen molar-refractivity contribution in [3.8, 4) is 0 Å². The van der Waals surface area contributed by atoms with Crippen LogP contribution >= 0.6 is 23.2 Å². The summed E-state index contributed by atoms with van der Waals surface area (Å²) in [5, 5.41) is 7.95. The van der Waals surface area contributed by atoms with Crippen molar-refractivity contribution >= 4 is 39.7 Å². The summed E-state index contributed by atoms with van der Waals surface area (Å²) in [5.74, 6) is 0.300. The first-order valence-electron chi connectivity index (χ1n) is 12.3. The molecule has 0 amide bonds. The van der Waals surface area contributed by atoms with Crippen molar-refractivity contribution in [2.45, 2.75) is 52.5 Å². The third-order valence-electron chi connectivity index (χ3n) is 7.07. The van der Waals surface area contributed by atoms with Gasteiger partial charge in [-0.2, -0.15) is 5.10 Å². The minimum absolute atomic E-state index is 0.300. The van der Waals surface area contributed by atoms with Crippen molar-refractivity contribution in [3.05, 3.63) is 111 Å². The van der Waals surface area contributed by atoms with Crippen LogP contribution in [0.15, 0.2) is 105 Å². The number of allylic oxidation sites excluding steroid dienone is 5. The number of dihydropyridines is 1. The standard InChI is InChI=1S/C31H33Cl2N3/c1-20-12-10-11-15-26(20)28-29(32)27-19-25(16-17-31(27,5)34-30(28)33)23(4)35-36(6)22(3)18-21(2)24-13-8-7-9-14-24/h7-16,18-19,21H,17H2,1-6H3/b22-18+,35-23-. The number of aliphatic imine (C=N–C) groups is 1. The summed E-state index contributed by atoms with van der Waals surface area (Å²) >= 11 is 13.8. The van der Waals surface area contributed by atoms with Crippen LogP contribution in [0.25, 0.3) is 5.57 Å². The normalized spacial score (nSPS) is 21.4. The molecule has 0 N–H and O–H groups in total. The van der Waals surface area contributed by atoms with Gasteiger partial charge in [0, 0.05) is 24.2 Å². The van der Waals surface area contributed by atoms with Gasteiger partial charge in [0.25, 0.3) is 0 Å². The Bertz CT molecular complexity index is 1340. The maximum absolute atomic E-state index is 7.05. The van der Waals surface area contributed by atoms with Crippen LogP contribution < -0.4 is 0 Å². The molecule has 1 aliphatic carbocycles. The minimum atomic E-state index is -0.489. The molecule has 2 unspecified atom stereocenters. The second-order valence-corrected chi connectivity index (χ2v) is 10.6. The molecule has 1 aliphatic heterocycles. The van der Waals surface area contributed by atoms with E-state index in [0.717, 1.165) is 39.3 Å². The maximum atomic E-state index is 7.05. The van der Waals surface area contributed by atoms with E-state index < -0.39 is 5.54 Å². The van der Waals surface area contributed by atoms with E-state index in [1.165, 1.54) is 5.56 Å². The van der Waals surface area contributed by atoms with Gasteiger partial charge in [-0.3, -0.25) is 10.0 Å². The number of hydrogen-bond donors (Lipinski definition) is 0. The Hall–Kier alpha value is -2.88. The Morgan fingerprint density at radius 3 is 2.44 bits per heavy atom. The molecule has 0 bridgehead atoms. The molecular weight excluding hydrogens is 485 g/mol. The Balaban J connectivity index is 1.63. The monoisotopic (exact) mass is 517 g/mol. The molecule has 3 nitrogen and oxygen atoms in total. The minimum Gasteiger partial charge on any atom is -0.273 e. The Morgan fingerprint density at radius 2 is 1.75 bits per heavy atom. The third kappa shape index (κ3) is 5.28. The van der Waals surface area contributed by atoms with E-state index >= 15 is 0 Å². The van der Waals surface area contributed by atoms with E-state index in [4.69, 9.17) is 33.3 Å². The van der Waals surface area contributed by atoms with Gasteiger partial charge in [0.1, 0.15) is 5.17 Å². The fourth-order valence-corrected chi connectivity index (χ4v) is 5.59. The van der Waals surface area contributed by atoms with Crippen LogP contribution in [0.1, 0.15) is 56.7 Å². The number of hydrogen-bond acceptors (Lipinski definition) is 3. The highest BCUT2D eigenvalue weighted by Crippen LogP contribution is 2.46. The van der Waals surface area contributed by atoms with Gasteiger partial charge in [-0.05, 0) is 68.0 Å². The van der Waals surface area contributed by atoms with E-state index in [0.29, 0.717) is 22.5 Å². The molecule has 186 valence electrons. The van der Waals surface area contributed by atoms with Gasteiger partial charge in [0.05, 0.1) is 16.3 Å². The SMILES string of the molecule is C/C(=N/N(C)/C(C)=C/C(C)c1ccccc1)C1=CCC2(C)N=C(Cl)C(c3ccccc3C)=C(Cl)C2=C1. The number of rotatable bonds is 6. The Morgan fingerprint density at radius 1 is 1.08 bits per heavy atom. The smallest absolute Gasteiger partial charge is 0.133 e. The summed E-state index contributed by atoms with van der Waals surface area (Å²) in [6.07, 6.45) is 7.24. The predicted molar refractivity (Wildman–Crippen MR) is 156 cm³/mol. The number of nitrogens with zero attached hydrogens (tertiary/aromatic N) is 3. The lowest BCUT2D eigenvalue weighted by Crippen LogP contribution is -2.32. The summed E-state index contributed by atoms with van der Waals surface area (Å²) < 4.78 is 0. The zero-order valence-corrected chi connectivity index (χ0v) is 23.3. The van der Waals surface area contributed by atoms with E-state index in [-0.39, 0.29) is 0 Å². The van der Waals surface area contributed by atoms with Crippen LogP contribution in [0.4, 0.5) is 0 Å². The van der Waals surface area contributed by atoms with Crippen molar-refractivity contribution in [1.29, 1.82) is 0 Å². The van der Waals surface area contributed by atoms with Crippen molar-refractivity contribution < 1.29 is 0 Å². The predicted octanol–water partition coefficient (Wildman–Crippen LogP) is 8.63. The molecular formula is C31H33Cl2N3. The summed E-state index contributed by atoms with van der Waals surface area (Å²) in [4.78, 5) is 4.90. The number of hydrazone groups is 1. The number of aryl methyl sites for hydroxylation is 1. The fourth-order valence-electron chi connectivity index (χ4n) is 4.71. The molecule has 0 aromatic heterocycles. The van der Waals surface area contributed by atoms with Crippen LogP contribution in [-0.4, -0.2) is 28.5 Å². The van der Waals surface area contributed by atoms with Gasteiger partial charge >= 0.3 is 0 Å². The highest BCUT2D eigenvalue weighted by Gasteiger charge is 2.38. The summed E-state index contributed by atoms with van der Waals surface area (Å²) in [7, 11) is 1.99. The number of halogens is 2. The second-order valence-electron chi connectivity index (χ2n) is 9.82. The topological polar surface area (TPSA) is 28.0 Å². The molecule has 2 aromatic carbocycles. The molecule has 0 fully saturated rings. The van der Waals surface area contributed by atoms with Crippen molar-refractivity contribution in [2.24, 2.45) is 10.1 Å². The van der Waals surface area contributed by atoms with E-state index in [2.05, 4.69) is 76.3 Å². The average molecular weight is 519 g/mol. The fraction of sp³-hybridized carbons (Fsp3) is 0.290. The summed E-state index contributed by atoms with van der Waals surface area (Å²) in [5.41, 5.74) is 7.75. The lowest BCUT2D eigenvalue weighted by atomic mass is 9.78. The van der Waals surface area contributed by atoms with Gasteiger partial charge < -0.3 is 0 Å². The molecule has 1 heterocycles. The number of fused-ring (bicyclic) bond motifs is 1. The first-order chi connectivity index (χ1) is 17.1. The van der Waals surface area contributed by atoms with Gasteiger partial charge in [0.15, 0.2) is 0 Å². The lowest BCUT2D eigenvalue weighted by Gasteiger charge is -2.35.